The average Bonchev–Trinajstić information content (AvgIpc) is 3.75. The minimum Gasteiger partial charge on any atom is -0.480 e. The van der Waals surface area contributed by atoms with E-state index in [1.807, 2.05) is 18.2 Å². The molecule has 0 aliphatic heterocycles. The van der Waals surface area contributed by atoms with E-state index in [1.165, 1.54) is 11.5 Å². The molecule has 2 aliphatic carbocycles. The highest BCUT2D eigenvalue weighted by Gasteiger charge is 2.54. The normalized spacial score (nSPS) is 16.6. The predicted molar refractivity (Wildman–Crippen MR) is 137 cm³/mol. The first-order chi connectivity index (χ1) is 17.8. The molecule has 1 aromatic carbocycles. The van der Waals surface area contributed by atoms with E-state index in [0.29, 0.717) is 57.6 Å². The van der Waals surface area contributed by atoms with Gasteiger partial charge in [0.15, 0.2) is 11.5 Å². The number of carboxylic acids is 1. The summed E-state index contributed by atoms with van der Waals surface area (Å²) in [6.07, 6.45) is 2.00. The van der Waals surface area contributed by atoms with Crippen molar-refractivity contribution in [3.05, 3.63) is 69.1 Å². The molecule has 2 N–H and O–H groups in total. The first-order valence-corrected chi connectivity index (χ1v) is 13.0. The average molecular weight is 537 g/mol. The molecule has 0 radical (unpaired) electrons. The molecule has 10 heteroatoms. The molecule has 2 aliphatic rings. The Bertz CT molecular complexity index is 1570. The van der Waals surface area contributed by atoms with Crippen molar-refractivity contribution in [2.75, 3.05) is 5.32 Å². The standard InChI is InChI=1S/C27H21ClN2O6S/c1-14(18-4-2-3-5-19(18)28)34-26(33)29-22-20(30-37-23(22)15-6-7-15)9-8-17-12-16-13-21(36-24(16)35-17)27(10-11-27)25(31)32/h2-5,12-15H,6-7,10-11H2,1H3,(H,29,33)(H,31,32). The Hall–Kier alpha value is -3.74. The number of ether oxygens (including phenoxy) is 1. The van der Waals surface area contributed by atoms with Gasteiger partial charge in [0.25, 0.3) is 5.78 Å². The highest BCUT2D eigenvalue weighted by Crippen LogP contribution is 2.50. The maximum atomic E-state index is 12.8. The highest BCUT2D eigenvalue weighted by atomic mass is 35.5. The zero-order chi connectivity index (χ0) is 25.7. The second kappa shape index (κ2) is 8.98. The number of aromatic nitrogens is 1. The number of anilines is 1. The molecule has 3 heterocycles. The molecule has 188 valence electrons. The van der Waals surface area contributed by atoms with E-state index in [9.17, 15) is 14.7 Å². The number of carboxylic acid groups (broad SMARTS) is 1. The maximum absolute atomic E-state index is 12.8. The number of carbonyl (C=O) groups excluding carboxylic acids is 1. The Morgan fingerprint density at radius 1 is 1.24 bits per heavy atom. The number of nitrogens with one attached hydrogen (secondary N) is 1. The summed E-state index contributed by atoms with van der Waals surface area (Å²) < 4.78 is 21.4. The SMILES string of the molecule is CC(OC(=O)Nc1c(C#Cc2cc3cc(C4(C(=O)O)CC4)oc3o2)nsc1C1CC1)c1ccccc1Cl. The molecule has 8 nitrogen and oxygen atoms in total. The van der Waals surface area contributed by atoms with Gasteiger partial charge in [-0.05, 0) is 74.0 Å². The molecule has 4 aromatic rings. The van der Waals surface area contributed by atoms with Crippen LogP contribution in [0.3, 0.4) is 0 Å². The zero-order valence-corrected chi connectivity index (χ0v) is 21.2. The monoisotopic (exact) mass is 536 g/mol. The van der Waals surface area contributed by atoms with Gasteiger partial charge in [0.1, 0.15) is 17.3 Å². The minimum absolute atomic E-state index is 0.235. The minimum atomic E-state index is -0.939. The number of amides is 1. The van der Waals surface area contributed by atoms with Crippen molar-refractivity contribution in [3.63, 3.8) is 0 Å². The fourth-order valence-electron chi connectivity index (χ4n) is 4.24. The summed E-state index contributed by atoms with van der Waals surface area (Å²) in [6.45, 7) is 1.76. The molecule has 1 amide bonds. The lowest BCUT2D eigenvalue weighted by Gasteiger charge is -2.15. The van der Waals surface area contributed by atoms with Crippen molar-refractivity contribution in [1.29, 1.82) is 0 Å². The van der Waals surface area contributed by atoms with Gasteiger partial charge in [0.2, 0.25) is 0 Å². The predicted octanol–water partition coefficient (Wildman–Crippen LogP) is 6.84. The van der Waals surface area contributed by atoms with Crippen molar-refractivity contribution < 1.29 is 28.3 Å². The molecule has 0 spiro atoms. The number of benzene rings is 1. The molecule has 37 heavy (non-hydrogen) atoms. The summed E-state index contributed by atoms with van der Waals surface area (Å²) in [5.41, 5.74) is 0.745. The van der Waals surface area contributed by atoms with Gasteiger partial charge in [0, 0.05) is 16.7 Å². The van der Waals surface area contributed by atoms with Gasteiger partial charge in [-0.3, -0.25) is 10.1 Å². The van der Waals surface area contributed by atoms with E-state index in [2.05, 4.69) is 21.5 Å². The Labute approximate surface area is 220 Å². The maximum Gasteiger partial charge on any atom is 0.412 e. The second-order valence-corrected chi connectivity index (χ2v) is 10.6. The van der Waals surface area contributed by atoms with Crippen molar-refractivity contribution in [1.82, 2.24) is 4.37 Å². The van der Waals surface area contributed by atoms with Gasteiger partial charge < -0.3 is 18.7 Å². The van der Waals surface area contributed by atoms with Crippen LogP contribution in [-0.2, 0) is 14.9 Å². The fourth-order valence-corrected chi connectivity index (χ4v) is 5.48. The Balaban J connectivity index is 1.21. The lowest BCUT2D eigenvalue weighted by molar-refractivity contribution is -0.140. The van der Waals surface area contributed by atoms with Crippen molar-refractivity contribution in [3.8, 4) is 11.8 Å². The Morgan fingerprint density at radius 2 is 2.03 bits per heavy atom. The quantitative estimate of drug-likeness (QED) is 0.259. The molecule has 3 aromatic heterocycles. The van der Waals surface area contributed by atoms with E-state index in [-0.39, 0.29) is 5.78 Å². The van der Waals surface area contributed by atoms with Crippen molar-refractivity contribution in [2.45, 2.75) is 50.0 Å². The van der Waals surface area contributed by atoms with E-state index in [4.69, 9.17) is 25.2 Å². The summed E-state index contributed by atoms with van der Waals surface area (Å²) >= 11 is 7.55. The van der Waals surface area contributed by atoms with Crippen molar-refractivity contribution >= 4 is 52.0 Å². The number of halogens is 1. The molecule has 0 bridgehead atoms. The number of furan rings is 2. The summed E-state index contributed by atoms with van der Waals surface area (Å²) in [6, 6.07) is 10.6. The molecule has 1 atom stereocenters. The van der Waals surface area contributed by atoms with E-state index < -0.39 is 23.6 Å². The van der Waals surface area contributed by atoms with Gasteiger partial charge in [0.05, 0.1) is 16.0 Å². The van der Waals surface area contributed by atoms with E-state index >= 15 is 0 Å². The lowest BCUT2D eigenvalue weighted by Crippen LogP contribution is -2.18. The van der Waals surface area contributed by atoms with Crippen LogP contribution >= 0.6 is 23.1 Å². The van der Waals surface area contributed by atoms with Gasteiger partial charge in [-0.1, -0.05) is 29.8 Å². The summed E-state index contributed by atoms with van der Waals surface area (Å²) in [4.78, 5) is 25.3. The molecular formula is C27H21ClN2O6S. The van der Waals surface area contributed by atoms with Crippen LogP contribution in [0.2, 0.25) is 5.02 Å². The number of hydrogen-bond acceptors (Lipinski definition) is 7. The van der Waals surface area contributed by atoms with Gasteiger partial charge >= 0.3 is 12.1 Å². The third kappa shape index (κ3) is 4.47. The van der Waals surface area contributed by atoms with Gasteiger partial charge in [-0.2, -0.15) is 4.37 Å². The van der Waals surface area contributed by atoms with E-state index in [0.717, 1.165) is 17.7 Å². The highest BCUT2D eigenvalue weighted by molar-refractivity contribution is 7.06. The van der Waals surface area contributed by atoms with Gasteiger partial charge in [-0.15, -0.1) is 0 Å². The number of carbonyl (C=O) groups is 2. The van der Waals surface area contributed by atoms with Crippen LogP contribution in [0.15, 0.2) is 45.2 Å². The zero-order valence-electron chi connectivity index (χ0n) is 19.7. The Morgan fingerprint density at radius 3 is 2.70 bits per heavy atom. The molecule has 2 saturated carbocycles. The number of nitrogens with zero attached hydrogens (tertiary/aromatic N) is 1. The number of hydrogen-bond donors (Lipinski definition) is 2. The fraction of sp³-hybridized carbons (Fsp3) is 0.296. The van der Waals surface area contributed by atoms with Crippen LogP contribution in [0.4, 0.5) is 10.5 Å². The first kappa shape index (κ1) is 23.6. The van der Waals surface area contributed by atoms with E-state index in [1.54, 1.807) is 25.1 Å². The number of fused-ring (bicyclic) bond motifs is 1. The third-order valence-corrected chi connectivity index (χ3v) is 8.02. The van der Waals surface area contributed by atoms with Crippen LogP contribution in [0.5, 0.6) is 0 Å². The number of aliphatic carboxylic acids is 1. The number of rotatable bonds is 6. The summed E-state index contributed by atoms with van der Waals surface area (Å²) in [7, 11) is 0. The third-order valence-electron chi connectivity index (χ3n) is 6.67. The largest absolute Gasteiger partial charge is 0.480 e. The summed E-state index contributed by atoms with van der Waals surface area (Å²) in [5, 5.41) is 13.5. The molecule has 2 fully saturated rings. The molecule has 0 saturated heterocycles. The van der Waals surface area contributed by atoms with Crippen molar-refractivity contribution in [2.24, 2.45) is 0 Å². The van der Waals surface area contributed by atoms with Crippen LogP contribution in [0.1, 0.15) is 72.3 Å². The molecule has 6 rings (SSSR count). The van der Waals surface area contributed by atoms with Crippen LogP contribution in [0, 0.1) is 11.8 Å². The molecule has 1 unspecified atom stereocenters. The smallest absolute Gasteiger partial charge is 0.412 e. The second-order valence-electron chi connectivity index (χ2n) is 9.34. The Kier molecular flexibility index (Phi) is 5.74. The lowest BCUT2D eigenvalue weighted by atomic mass is 10.0. The topological polar surface area (TPSA) is 115 Å². The van der Waals surface area contributed by atoms with Crippen LogP contribution in [0.25, 0.3) is 11.2 Å². The van der Waals surface area contributed by atoms with Crippen LogP contribution in [-0.4, -0.2) is 21.5 Å². The van der Waals surface area contributed by atoms with Gasteiger partial charge in [-0.25, -0.2) is 4.79 Å². The first-order valence-electron chi connectivity index (χ1n) is 11.8. The summed E-state index contributed by atoms with van der Waals surface area (Å²) in [5.74, 6) is 6.36. The van der Waals surface area contributed by atoms with Crippen LogP contribution < -0.4 is 5.32 Å². The molecular weight excluding hydrogens is 516 g/mol.